The lowest BCUT2D eigenvalue weighted by atomic mass is 9.92. The highest BCUT2D eigenvalue weighted by Gasteiger charge is 2.34. The first kappa shape index (κ1) is 15.0. The molecule has 22 heavy (non-hydrogen) atoms. The Balaban J connectivity index is 2.02. The molecule has 2 aromatic rings. The highest BCUT2D eigenvalue weighted by atomic mass is 16.7. The van der Waals surface area contributed by atoms with Crippen LogP contribution in [0.15, 0.2) is 24.3 Å². The lowest BCUT2D eigenvalue weighted by Gasteiger charge is -2.30. The van der Waals surface area contributed by atoms with Crippen LogP contribution < -0.4 is 5.32 Å². The van der Waals surface area contributed by atoms with E-state index in [-0.39, 0.29) is 12.3 Å². The number of aromatic nitrogens is 1. The van der Waals surface area contributed by atoms with Crippen LogP contribution in [0.1, 0.15) is 23.7 Å². The molecule has 0 radical (unpaired) electrons. The van der Waals surface area contributed by atoms with E-state index in [0.717, 1.165) is 22.2 Å². The average molecular weight is 304 g/mol. The molecule has 1 unspecified atom stereocenters. The summed E-state index contributed by atoms with van der Waals surface area (Å²) in [7, 11) is 3.16. The first-order chi connectivity index (χ1) is 10.6. The van der Waals surface area contributed by atoms with E-state index in [9.17, 15) is 9.90 Å². The van der Waals surface area contributed by atoms with Crippen molar-refractivity contribution in [2.75, 3.05) is 14.2 Å². The van der Waals surface area contributed by atoms with Gasteiger partial charge in [0, 0.05) is 43.7 Å². The van der Waals surface area contributed by atoms with Crippen LogP contribution in [0, 0.1) is 0 Å². The van der Waals surface area contributed by atoms with E-state index in [4.69, 9.17) is 9.47 Å². The van der Waals surface area contributed by atoms with Crippen LogP contribution in [0.3, 0.4) is 0 Å². The van der Waals surface area contributed by atoms with Gasteiger partial charge in [-0.25, -0.2) is 0 Å². The van der Waals surface area contributed by atoms with Crippen molar-refractivity contribution in [2.24, 2.45) is 0 Å². The van der Waals surface area contributed by atoms with E-state index in [0.29, 0.717) is 12.8 Å². The standard InChI is InChI=1S/C16H20N2O4/c1-21-14(22-2)8-12-15-10(7-13(17-12)16(19)20)9-5-3-4-6-11(9)18-15/h3-6,12-14,17-18H,7-8H2,1-2H3,(H,19,20)/t12?,13-/m0/s1. The molecule has 2 heterocycles. The minimum Gasteiger partial charge on any atom is -0.480 e. The third-order valence-electron chi connectivity index (χ3n) is 4.26. The second kappa shape index (κ2) is 6.08. The summed E-state index contributed by atoms with van der Waals surface area (Å²) in [5, 5.41) is 13.7. The summed E-state index contributed by atoms with van der Waals surface area (Å²) < 4.78 is 10.5. The zero-order valence-electron chi connectivity index (χ0n) is 12.6. The molecule has 0 fully saturated rings. The van der Waals surface area contributed by atoms with Gasteiger partial charge >= 0.3 is 5.97 Å². The van der Waals surface area contributed by atoms with Crippen LogP contribution in [0.2, 0.25) is 0 Å². The Labute approximate surface area is 128 Å². The van der Waals surface area contributed by atoms with Gasteiger partial charge in [0.15, 0.2) is 6.29 Å². The van der Waals surface area contributed by atoms with E-state index in [1.165, 1.54) is 0 Å². The number of hydrogen-bond acceptors (Lipinski definition) is 4. The molecule has 0 saturated heterocycles. The Morgan fingerprint density at radius 3 is 2.77 bits per heavy atom. The van der Waals surface area contributed by atoms with Crippen molar-refractivity contribution in [3.8, 4) is 0 Å². The summed E-state index contributed by atoms with van der Waals surface area (Å²) in [6, 6.07) is 7.21. The molecule has 6 heteroatoms. The van der Waals surface area contributed by atoms with Crippen molar-refractivity contribution >= 4 is 16.9 Å². The Morgan fingerprint density at radius 2 is 2.09 bits per heavy atom. The second-order valence-electron chi connectivity index (χ2n) is 5.51. The maximum atomic E-state index is 11.5. The van der Waals surface area contributed by atoms with Gasteiger partial charge in [0.25, 0.3) is 0 Å². The van der Waals surface area contributed by atoms with Crippen molar-refractivity contribution < 1.29 is 19.4 Å². The van der Waals surface area contributed by atoms with Gasteiger partial charge in [-0.2, -0.15) is 0 Å². The summed E-state index contributed by atoms with van der Waals surface area (Å²) in [4.78, 5) is 14.9. The number of hydrogen-bond donors (Lipinski definition) is 3. The molecule has 0 amide bonds. The summed E-state index contributed by atoms with van der Waals surface area (Å²) in [5.41, 5.74) is 3.12. The minimum atomic E-state index is -0.840. The number of fused-ring (bicyclic) bond motifs is 3. The number of ether oxygens (including phenoxy) is 2. The van der Waals surface area contributed by atoms with Gasteiger partial charge in [0.2, 0.25) is 0 Å². The molecule has 118 valence electrons. The number of H-pyrrole nitrogens is 1. The number of nitrogens with one attached hydrogen (secondary N) is 2. The molecule has 0 spiro atoms. The number of aliphatic carboxylic acids is 1. The van der Waals surface area contributed by atoms with Crippen molar-refractivity contribution in [1.82, 2.24) is 10.3 Å². The smallest absolute Gasteiger partial charge is 0.321 e. The Morgan fingerprint density at radius 1 is 1.36 bits per heavy atom. The third kappa shape index (κ3) is 2.61. The molecular weight excluding hydrogens is 284 g/mol. The first-order valence-electron chi connectivity index (χ1n) is 7.28. The molecule has 0 aliphatic carbocycles. The van der Waals surface area contributed by atoms with Crippen LogP contribution >= 0.6 is 0 Å². The lowest BCUT2D eigenvalue weighted by molar-refractivity contribution is -0.140. The van der Waals surface area contributed by atoms with Crippen LogP contribution in [0.25, 0.3) is 10.9 Å². The van der Waals surface area contributed by atoms with E-state index in [2.05, 4.69) is 10.3 Å². The van der Waals surface area contributed by atoms with Gasteiger partial charge in [-0.3, -0.25) is 10.1 Å². The van der Waals surface area contributed by atoms with Gasteiger partial charge in [-0.15, -0.1) is 0 Å². The maximum Gasteiger partial charge on any atom is 0.321 e. The zero-order valence-corrected chi connectivity index (χ0v) is 12.6. The number of para-hydroxylation sites is 1. The lowest BCUT2D eigenvalue weighted by Crippen LogP contribution is -2.45. The highest BCUT2D eigenvalue weighted by Crippen LogP contribution is 2.34. The summed E-state index contributed by atoms with van der Waals surface area (Å²) >= 11 is 0. The highest BCUT2D eigenvalue weighted by molar-refractivity contribution is 5.86. The van der Waals surface area contributed by atoms with Gasteiger partial charge in [-0.05, 0) is 11.6 Å². The Kier molecular flexibility index (Phi) is 4.15. The maximum absolute atomic E-state index is 11.5. The fourth-order valence-electron chi connectivity index (χ4n) is 3.15. The number of carboxylic acids is 1. The average Bonchev–Trinajstić information content (AvgIpc) is 2.91. The quantitative estimate of drug-likeness (QED) is 0.734. The molecule has 0 saturated carbocycles. The Bertz CT molecular complexity index is 678. The van der Waals surface area contributed by atoms with Gasteiger partial charge in [0.1, 0.15) is 6.04 Å². The first-order valence-corrected chi connectivity index (χ1v) is 7.28. The van der Waals surface area contributed by atoms with E-state index in [1.54, 1.807) is 14.2 Å². The number of carbonyl (C=O) groups is 1. The van der Waals surface area contributed by atoms with E-state index in [1.807, 2.05) is 24.3 Å². The third-order valence-corrected chi connectivity index (χ3v) is 4.26. The summed E-state index contributed by atoms with van der Waals surface area (Å²) in [5.74, 6) is -0.840. The SMILES string of the molecule is COC(CC1N[C@H](C(=O)O)Cc2c1[nH]c1ccccc21)OC. The Hall–Kier alpha value is -1.89. The van der Waals surface area contributed by atoms with Crippen molar-refractivity contribution in [2.45, 2.75) is 31.2 Å². The fourth-order valence-corrected chi connectivity index (χ4v) is 3.15. The molecule has 1 aromatic heterocycles. The number of carboxylic acid groups (broad SMARTS) is 1. The van der Waals surface area contributed by atoms with Crippen LogP contribution in [0.5, 0.6) is 0 Å². The monoisotopic (exact) mass is 304 g/mol. The fraction of sp³-hybridized carbons (Fsp3) is 0.438. The predicted octanol–water partition coefficient (Wildman–Crippen LogP) is 1.82. The topological polar surface area (TPSA) is 83.6 Å². The summed E-state index contributed by atoms with van der Waals surface area (Å²) in [6.45, 7) is 0. The largest absolute Gasteiger partial charge is 0.480 e. The zero-order chi connectivity index (χ0) is 15.7. The van der Waals surface area contributed by atoms with Crippen LogP contribution in [0.4, 0.5) is 0 Å². The van der Waals surface area contributed by atoms with Crippen molar-refractivity contribution in [3.05, 3.63) is 35.5 Å². The predicted molar refractivity (Wildman–Crippen MR) is 81.7 cm³/mol. The minimum absolute atomic E-state index is 0.151. The van der Waals surface area contributed by atoms with Crippen LogP contribution in [-0.2, 0) is 20.7 Å². The van der Waals surface area contributed by atoms with Gasteiger partial charge in [-0.1, -0.05) is 18.2 Å². The van der Waals surface area contributed by atoms with Gasteiger partial charge < -0.3 is 19.6 Å². The molecule has 3 rings (SSSR count). The molecular formula is C16H20N2O4. The molecule has 0 bridgehead atoms. The number of benzene rings is 1. The molecule has 1 aliphatic rings. The van der Waals surface area contributed by atoms with Crippen LogP contribution in [-0.4, -0.2) is 42.6 Å². The molecule has 1 aromatic carbocycles. The second-order valence-corrected chi connectivity index (χ2v) is 5.51. The van der Waals surface area contributed by atoms with Gasteiger partial charge in [0.05, 0.1) is 6.04 Å². The normalized spacial score (nSPS) is 21.2. The number of aromatic amines is 1. The summed E-state index contributed by atoms with van der Waals surface area (Å²) in [6.07, 6.45) is 0.621. The molecule has 3 N–H and O–H groups in total. The molecule has 2 atom stereocenters. The van der Waals surface area contributed by atoms with E-state index < -0.39 is 12.0 Å². The number of rotatable bonds is 5. The molecule has 6 nitrogen and oxygen atoms in total. The number of methoxy groups -OCH3 is 2. The van der Waals surface area contributed by atoms with Crippen molar-refractivity contribution in [3.63, 3.8) is 0 Å². The van der Waals surface area contributed by atoms with Crippen molar-refractivity contribution in [1.29, 1.82) is 0 Å². The van der Waals surface area contributed by atoms with E-state index >= 15 is 0 Å². The molecule has 1 aliphatic heterocycles.